The van der Waals surface area contributed by atoms with Gasteiger partial charge in [-0.25, -0.2) is 0 Å². The number of rotatable bonds is 6. The molecule has 2 aromatic rings. The second-order valence-electron chi connectivity index (χ2n) is 5.31. The van der Waals surface area contributed by atoms with Gasteiger partial charge in [0.2, 0.25) is 0 Å². The standard InChI is InChI=1S/C18H19ClO4/c1-11(8-17(20)21)13-9-15(12-4-6-14(19)7-5-12)18(23-3)16(10-13)22-2/h4-7,9-11H,8H2,1-3H3,(H,20,21). The van der Waals surface area contributed by atoms with Gasteiger partial charge in [-0.2, -0.15) is 0 Å². The molecular formula is C18H19ClO4. The molecule has 0 aliphatic heterocycles. The van der Waals surface area contributed by atoms with Crippen molar-refractivity contribution in [1.29, 1.82) is 0 Å². The Morgan fingerprint density at radius 2 is 1.83 bits per heavy atom. The van der Waals surface area contributed by atoms with E-state index in [4.69, 9.17) is 26.2 Å². The molecule has 0 bridgehead atoms. The van der Waals surface area contributed by atoms with Crippen LogP contribution in [0.1, 0.15) is 24.8 Å². The number of hydrogen-bond donors (Lipinski definition) is 1. The van der Waals surface area contributed by atoms with Crippen LogP contribution in [0.4, 0.5) is 0 Å². The number of carbonyl (C=O) groups is 1. The van der Waals surface area contributed by atoms with Crippen molar-refractivity contribution in [2.75, 3.05) is 14.2 Å². The van der Waals surface area contributed by atoms with Crippen LogP contribution in [0.25, 0.3) is 11.1 Å². The summed E-state index contributed by atoms with van der Waals surface area (Å²) in [5.41, 5.74) is 2.65. The highest BCUT2D eigenvalue weighted by Crippen LogP contribution is 2.41. The van der Waals surface area contributed by atoms with E-state index < -0.39 is 5.97 Å². The lowest BCUT2D eigenvalue weighted by Gasteiger charge is -2.18. The summed E-state index contributed by atoms with van der Waals surface area (Å²) >= 11 is 5.95. The molecule has 122 valence electrons. The zero-order chi connectivity index (χ0) is 17.0. The van der Waals surface area contributed by atoms with E-state index in [1.54, 1.807) is 26.4 Å². The average molecular weight is 335 g/mol. The Bertz CT molecular complexity index is 695. The van der Waals surface area contributed by atoms with Crippen LogP contribution >= 0.6 is 11.6 Å². The quantitative estimate of drug-likeness (QED) is 0.838. The van der Waals surface area contributed by atoms with E-state index >= 15 is 0 Å². The SMILES string of the molecule is COc1cc(C(C)CC(=O)O)cc(-c2ccc(Cl)cc2)c1OC. The number of ether oxygens (including phenoxy) is 2. The van der Waals surface area contributed by atoms with Gasteiger partial charge in [-0.15, -0.1) is 0 Å². The summed E-state index contributed by atoms with van der Waals surface area (Å²) in [6, 6.07) is 11.2. The maximum Gasteiger partial charge on any atom is 0.303 e. The lowest BCUT2D eigenvalue weighted by atomic mass is 9.93. The third-order valence-electron chi connectivity index (χ3n) is 3.71. The van der Waals surface area contributed by atoms with Gasteiger partial charge in [0.25, 0.3) is 0 Å². The summed E-state index contributed by atoms with van der Waals surface area (Å²) in [5, 5.41) is 9.67. The smallest absolute Gasteiger partial charge is 0.303 e. The maximum atomic E-state index is 11.0. The van der Waals surface area contributed by atoms with E-state index in [9.17, 15) is 4.79 Å². The summed E-state index contributed by atoms with van der Waals surface area (Å²) in [6.45, 7) is 1.88. The highest BCUT2D eigenvalue weighted by Gasteiger charge is 2.18. The van der Waals surface area contributed by atoms with Crippen LogP contribution in [0.2, 0.25) is 5.02 Å². The Labute approximate surface area is 140 Å². The molecule has 23 heavy (non-hydrogen) atoms. The molecule has 1 N–H and O–H groups in total. The fourth-order valence-corrected chi connectivity index (χ4v) is 2.62. The minimum absolute atomic E-state index is 0.0511. The number of benzene rings is 2. The average Bonchev–Trinajstić information content (AvgIpc) is 2.53. The number of aliphatic carboxylic acids is 1. The number of carboxylic acid groups (broad SMARTS) is 1. The Morgan fingerprint density at radius 3 is 2.35 bits per heavy atom. The lowest BCUT2D eigenvalue weighted by molar-refractivity contribution is -0.137. The fraction of sp³-hybridized carbons (Fsp3) is 0.278. The van der Waals surface area contributed by atoms with Gasteiger partial charge in [0, 0.05) is 10.6 Å². The molecular weight excluding hydrogens is 316 g/mol. The van der Waals surface area contributed by atoms with Crippen LogP contribution in [0.3, 0.4) is 0 Å². The number of halogens is 1. The molecule has 5 heteroatoms. The van der Waals surface area contributed by atoms with Crippen LogP contribution in [-0.2, 0) is 4.79 Å². The van der Waals surface area contributed by atoms with E-state index in [1.807, 2.05) is 31.2 Å². The van der Waals surface area contributed by atoms with Crippen LogP contribution < -0.4 is 9.47 Å². The summed E-state index contributed by atoms with van der Waals surface area (Å²) in [7, 11) is 3.15. The number of carboxylic acids is 1. The molecule has 4 nitrogen and oxygen atoms in total. The molecule has 0 amide bonds. The topological polar surface area (TPSA) is 55.8 Å². The van der Waals surface area contributed by atoms with Crippen LogP contribution in [0, 0.1) is 0 Å². The largest absolute Gasteiger partial charge is 0.493 e. The maximum absolute atomic E-state index is 11.0. The van der Waals surface area contributed by atoms with Gasteiger partial charge in [-0.05, 0) is 41.3 Å². The third-order valence-corrected chi connectivity index (χ3v) is 3.96. The lowest BCUT2D eigenvalue weighted by Crippen LogP contribution is -2.04. The minimum Gasteiger partial charge on any atom is -0.493 e. The first-order chi connectivity index (χ1) is 11.0. The molecule has 0 spiro atoms. The van der Waals surface area contributed by atoms with Gasteiger partial charge in [0.1, 0.15) is 0 Å². The van der Waals surface area contributed by atoms with Crippen molar-refractivity contribution >= 4 is 17.6 Å². The molecule has 1 unspecified atom stereocenters. The van der Waals surface area contributed by atoms with Crippen molar-refractivity contribution in [2.45, 2.75) is 19.3 Å². The molecule has 2 rings (SSSR count). The first kappa shape index (κ1) is 17.2. The molecule has 0 aliphatic carbocycles. The Balaban J connectivity index is 2.58. The zero-order valence-corrected chi connectivity index (χ0v) is 14.1. The van der Waals surface area contributed by atoms with Crippen molar-refractivity contribution in [3.63, 3.8) is 0 Å². The van der Waals surface area contributed by atoms with Crippen molar-refractivity contribution < 1.29 is 19.4 Å². The molecule has 0 heterocycles. The summed E-state index contributed by atoms with van der Waals surface area (Å²) in [4.78, 5) is 11.0. The van der Waals surface area contributed by atoms with Gasteiger partial charge in [0.15, 0.2) is 11.5 Å². The Hall–Kier alpha value is -2.20. The van der Waals surface area contributed by atoms with Crippen LogP contribution in [0.15, 0.2) is 36.4 Å². The second-order valence-corrected chi connectivity index (χ2v) is 5.75. The van der Waals surface area contributed by atoms with Crippen LogP contribution in [-0.4, -0.2) is 25.3 Å². The van der Waals surface area contributed by atoms with Crippen molar-refractivity contribution in [3.8, 4) is 22.6 Å². The van der Waals surface area contributed by atoms with E-state index in [0.717, 1.165) is 16.7 Å². The van der Waals surface area contributed by atoms with Gasteiger partial charge in [-0.3, -0.25) is 4.79 Å². The van der Waals surface area contributed by atoms with E-state index in [-0.39, 0.29) is 12.3 Å². The summed E-state index contributed by atoms with van der Waals surface area (Å²) < 4.78 is 10.9. The molecule has 0 radical (unpaired) electrons. The van der Waals surface area contributed by atoms with Crippen molar-refractivity contribution in [1.82, 2.24) is 0 Å². The Morgan fingerprint density at radius 1 is 1.17 bits per heavy atom. The fourth-order valence-electron chi connectivity index (χ4n) is 2.49. The van der Waals surface area contributed by atoms with E-state index in [1.165, 1.54) is 0 Å². The van der Waals surface area contributed by atoms with Gasteiger partial charge in [0.05, 0.1) is 20.6 Å². The molecule has 0 aromatic heterocycles. The van der Waals surface area contributed by atoms with E-state index in [2.05, 4.69) is 0 Å². The van der Waals surface area contributed by atoms with Crippen molar-refractivity contribution in [2.24, 2.45) is 0 Å². The number of methoxy groups -OCH3 is 2. The normalized spacial score (nSPS) is 11.8. The summed E-state index contributed by atoms with van der Waals surface area (Å²) in [5.74, 6) is 0.215. The first-order valence-corrected chi connectivity index (χ1v) is 7.57. The van der Waals surface area contributed by atoms with Gasteiger partial charge >= 0.3 is 5.97 Å². The Kier molecular flexibility index (Phi) is 5.50. The molecule has 0 saturated carbocycles. The predicted molar refractivity (Wildman–Crippen MR) is 90.7 cm³/mol. The molecule has 0 fully saturated rings. The predicted octanol–water partition coefficient (Wildman–Crippen LogP) is 4.60. The first-order valence-electron chi connectivity index (χ1n) is 7.20. The molecule has 0 saturated heterocycles. The monoisotopic (exact) mass is 334 g/mol. The number of hydrogen-bond acceptors (Lipinski definition) is 3. The highest BCUT2D eigenvalue weighted by molar-refractivity contribution is 6.30. The third kappa shape index (κ3) is 3.96. The van der Waals surface area contributed by atoms with Crippen LogP contribution in [0.5, 0.6) is 11.5 Å². The van der Waals surface area contributed by atoms with Gasteiger partial charge < -0.3 is 14.6 Å². The highest BCUT2D eigenvalue weighted by atomic mass is 35.5. The summed E-state index contributed by atoms with van der Waals surface area (Å²) in [6.07, 6.45) is 0.0511. The van der Waals surface area contributed by atoms with E-state index in [0.29, 0.717) is 16.5 Å². The second kappa shape index (κ2) is 7.38. The molecule has 1 atom stereocenters. The molecule has 2 aromatic carbocycles. The minimum atomic E-state index is -0.833. The van der Waals surface area contributed by atoms with Crippen molar-refractivity contribution in [3.05, 3.63) is 47.0 Å². The zero-order valence-electron chi connectivity index (χ0n) is 13.3. The molecule has 0 aliphatic rings. The van der Waals surface area contributed by atoms with Gasteiger partial charge in [-0.1, -0.05) is 30.7 Å².